The molecule has 4 aromatic carbocycles. The number of thioether (sulfide) groups is 2. The maximum atomic E-state index is 9.89. The Morgan fingerprint density at radius 3 is 1.00 bits per heavy atom. The largest absolute Gasteiger partial charge is 0.867 e. The molecule has 2 aliphatic heterocycles. The first-order chi connectivity index (χ1) is 30.1. The highest BCUT2D eigenvalue weighted by Gasteiger charge is 2.15. The van der Waals surface area contributed by atoms with Crippen LogP contribution in [0.3, 0.4) is 0 Å². The second kappa shape index (κ2) is 23.1. The van der Waals surface area contributed by atoms with Gasteiger partial charge in [0.2, 0.25) is 0 Å². The Balaban J connectivity index is 0.000000191. The van der Waals surface area contributed by atoms with Gasteiger partial charge in [-0.3, -0.25) is 0 Å². The third-order valence-corrected chi connectivity index (χ3v) is 11.8. The van der Waals surface area contributed by atoms with Gasteiger partial charge in [0.15, 0.2) is 11.4 Å². The Hall–Kier alpha value is -6.29. The number of halogens is 1. The van der Waals surface area contributed by atoms with E-state index in [0.29, 0.717) is 0 Å². The molecule has 8 heteroatoms. The molecule has 4 aliphatic rings. The molecule has 4 nitrogen and oxygen atoms in total. The summed E-state index contributed by atoms with van der Waals surface area (Å²) < 4.78 is 14.1. The Labute approximate surface area is 374 Å². The van der Waals surface area contributed by atoms with Crippen LogP contribution in [0.2, 0.25) is 0 Å². The number of hydrogen-bond donors (Lipinski definition) is 0. The van der Waals surface area contributed by atoms with Gasteiger partial charge in [0.05, 0.1) is 0 Å². The minimum absolute atomic E-state index is 1.20. The van der Waals surface area contributed by atoms with E-state index < -0.39 is 7.40 Å². The normalized spacial score (nSPS) is 16.6. The van der Waals surface area contributed by atoms with Crippen molar-refractivity contribution >= 4 is 63.3 Å². The number of hydrogen-bond acceptors (Lipinski definition) is 4. The van der Waals surface area contributed by atoms with E-state index in [0.717, 1.165) is 0 Å². The van der Waals surface area contributed by atoms with Crippen molar-refractivity contribution in [3.63, 3.8) is 0 Å². The van der Waals surface area contributed by atoms with Gasteiger partial charge in [0.1, 0.15) is 35.6 Å². The van der Waals surface area contributed by atoms with Gasteiger partial charge in [-0.15, -0.1) is 0 Å². The van der Waals surface area contributed by atoms with Crippen molar-refractivity contribution in [1.29, 1.82) is 0 Å². The number of nitrogens with zero attached hydrogens (tertiary/aromatic N) is 2. The number of rotatable bonds is 6. The first-order valence-electron chi connectivity index (χ1n) is 20.2. The van der Waals surface area contributed by atoms with Crippen LogP contribution in [0.25, 0.3) is 21.0 Å². The zero-order valence-electron chi connectivity index (χ0n) is 35.3. The highest BCUT2D eigenvalue weighted by Crippen LogP contribution is 2.43. The molecule has 0 saturated heterocycles. The lowest BCUT2D eigenvalue weighted by Gasteiger charge is -2.16. The summed E-state index contributed by atoms with van der Waals surface area (Å²) in [5.74, 6) is 0. The molecule has 308 valence electrons. The molecule has 4 aromatic rings. The molecule has 0 unspecified atom stereocenters. The minimum Gasteiger partial charge on any atom is -0.867 e. The third-order valence-electron chi connectivity index (χ3n) is 9.65. The van der Waals surface area contributed by atoms with Gasteiger partial charge < -0.3 is 14.4 Å². The molecular formula is C54H48BFN2O2S2. The molecular weight excluding hydrogens is 803 g/mol. The average Bonchev–Trinajstić information content (AvgIpc) is 3.31. The fraction of sp³-hybridized carbons (Fsp3) is 0.0741. The quantitative estimate of drug-likeness (QED) is 0.143. The van der Waals surface area contributed by atoms with E-state index in [1.807, 2.05) is 23.5 Å². The molecule has 0 spiro atoms. The van der Waals surface area contributed by atoms with Gasteiger partial charge in [-0.1, -0.05) is 157 Å². The van der Waals surface area contributed by atoms with Gasteiger partial charge in [-0.25, -0.2) is 9.15 Å². The summed E-state index contributed by atoms with van der Waals surface area (Å²) in [6.07, 6.45) is 35.2. The molecule has 0 amide bonds. The lowest BCUT2D eigenvalue weighted by atomic mass is 10.0. The lowest BCUT2D eigenvalue weighted by Crippen LogP contribution is -2.39. The zero-order valence-corrected chi connectivity index (χ0v) is 36.9. The van der Waals surface area contributed by atoms with Crippen molar-refractivity contribution in [2.75, 3.05) is 28.2 Å². The monoisotopic (exact) mass is 850 g/mol. The van der Waals surface area contributed by atoms with Gasteiger partial charge in [0, 0.05) is 43.9 Å². The minimum atomic E-state index is -3.17. The van der Waals surface area contributed by atoms with Crippen molar-refractivity contribution in [2.45, 2.75) is 0 Å². The number of benzene rings is 4. The molecule has 0 radical (unpaired) electrons. The van der Waals surface area contributed by atoms with Crippen molar-refractivity contribution in [2.24, 2.45) is 0 Å². The van der Waals surface area contributed by atoms with E-state index in [1.54, 1.807) is 0 Å². The summed E-state index contributed by atoms with van der Waals surface area (Å²) in [6.45, 7) is 0. The SMILES string of the molecule is C[N+](C)=C1C=CC(=CC=C2C=C(c3ccccc3)C=C(c3ccccc3)S2)C=C1.C[N+](C)=C1C=CC(=CC=C2C=C(c3ccccc3)C=C(c3ccccc3)S2)C=C1.[O-]B([O-])F. The maximum absolute atomic E-state index is 9.89. The van der Waals surface area contributed by atoms with E-state index in [9.17, 15) is 4.32 Å². The van der Waals surface area contributed by atoms with E-state index >= 15 is 0 Å². The predicted molar refractivity (Wildman–Crippen MR) is 263 cm³/mol. The maximum Gasteiger partial charge on any atom is 0.199 e. The van der Waals surface area contributed by atoms with Gasteiger partial charge in [-0.05, 0) is 105 Å². The van der Waals surface area contributed by atoms with E-state index in [1.165, 1.54) is 75.6 Å². The molecule has 0 saturated carbocycles. The van der Waals surface area contributed by atoms with Crippen molar-refractivity contribution in [3.05, 3.63) is 262 Å². The topological polar surface area (TPSA) is 52.1 Å². The second-order valence-electron chi connectivity index (χ2n) is 14.6. The van der Waals surface area contributed by atoms with Crippen molar-refractivity contribution in [3.8, 4) is 0 Å². The highest BCUT2D eigenvalue weighted by atomic mass is 32.2. The fourth-order valence-electron chi connectivity index (χ4n) is 6.42. The molecule has 62 heavy (non-hydrogen) atoms. The molecule has 0 aromatic heterocycles. The smallest absolute Gasteiger partial charge is 0.199 e. The van der Waals surface area contributed by atoms with Gasteiger partial charge in [-0.2, -0.15) is 0 Å². The molecule has 8 rings (SSSR count). The first kappa shape index (κ1) is 45.2. The van der Waals surface area contributed by atoms with E-state index in [2.05, 4.69) is 256 Å². The van der Waals surface area contributed by atoms with Crippen LogP contribution in [0.1, 0.15) is 22.3 Å². The van der Waals surface area contributed by atoms with Crippen LogP contribution in [0.5, 0.6) is 0 Å². The summed E-state index contributed by atoms with van der Waals surface area (Å²) >= 11 is 3.63. The average molecular weight is 851 g/mol. The molecule has 0 bridgehead atoms. The Morgan fingerprint density at radius 2 is 0.710 bits per heavy atom. The molecule has 0 fully saturated rings. The van der Waals surface area contributed by atoms with Crippen molar-refractivity contribution in [1.82, 2.24) is 0 Å². The van der Waals surface area contributed by atoms with E-state index in [4.69, 9.17) is 10.0 Å². The second-order valence-corrected chi connectivity index (χ2v) is 16.8. The van der Waals surface area contributed by atoms with Crippen LogP contribution in [0, 0.1) is 0 Å². The van der Waals surface area contributed by atoms with Crippen LogP contribution < -0.4 is 10.0 Å². The number of allylic oxidation sites excluding steroid dienone is 20. The Kier molecular flexibility index (Phi) is 16.8. The molecule has 2 aliphatic carbocycles. The molecule has 2 heterocycles. The summed E-state index contributed by atoms with van der Waals surface area (Å²) in [5.41, 5.74) is 12.3. The lowest BCUT2D eigenvalue weighted by molar-refractivity contribution is -0.462. The highest BCUT2D eigenvalue weighted by molar-refractivity contribution is 8.12. The summed E-state index contributed by atoms with van der Waals surface area (Å²) in [7, 11) is 5.08. The summed E-state index contributed by atoms with van der Waals surface area (Å²) in [4.78, 5) is 5.02. The summed E-state index contributed by atoms with van der Waals surface area (Å²) in [5, 5.41) is 16.6. The summed E-state index contributed by atoms with van der Waals surface area (Å²) in [6, 6.07) is 42.4. The van der Waals surface area contributed by atoms with Crippen LogP contribution in [-0.2, 0) is 0 Å². The third kappa shape index (κ3) is 13.9. The Bertz CT molecular complexity index is 2430. The van der Waals surface area contributed by atoms with Crippen LogP contribution in [0.15, 0.2) is 240 Å². The Morgan fingerprint density at radius 1 is 0.419 bits per heavy atom. The zero-order chi connectivity index (χ0) is 43.7. The van der Waals surface area contributed by atoms with Crippen molar-refractivity contribution < 1.29 is 23.5 Å². The van der Waals surface area contributed by atoms with Crippen LogP contribution in [-0.4, -0.2) is 56.2 Å². The molecule has 0 N–H and O–H groups in total. The predicted octanol–water partition coefficient (Wildman–Crippen LogP) is 10.7. The van der Waals surface area contributed by atoms with Crippen LogP contribution in [0.4, 0.5) is 4.32 Å². The fourth-order valence-corrected chi connectivity index (χ4v) is 8.45. The van der Waals surface area contributed by atoms with Gasteiger partial charge in [0.25, 0.3) is 0 Å². The first-order valence-corrected chi connectivity index (χ1v) is 21.8. The van der Waals surface area contributed by atoms with Gasteiger partial charge >= 0.3 is 0 Å². The van der Waals surface area contributed by atoms with Crippen LogP contribution >= 0.6 is 23.5 Å². The standard InChI is InChI=1S/2C27H24NS.BFO2/c2*1-28(2)25-16-13-21(14-17-25)15-18-26-19-24(22-9-5-3-6-10-22)20-27(29-26)23-11-7-4-8-12-23;2-1(3)4/h2*3-20H,1-2H3;/q2*+1;-2. The molecule has 0 atom stereocenters. The van der Waals surface area contributed by atoms with E-state index in [-0.39, 0.29) is 0 Å².